The summed E-state index contributed by atoms with van der Waals surface area (Å²) in [5.41, 5.74) is 7.40. The van der Waals surface area contributed by atoms with Crippen LogP contribution in [-0.4, -0.2) is 21.5 Å². The predicted molar refractivity (Wildman–Crippen MR) is 63.3 cm³/mol. The lowest BCUT2D eigenvalue weighted by Crippen LogP contribution is -2.03. The van der Waals surface area contributed by atoms with E-state index in [0.29, 0.717) is 13.1 Å². The topological polar surface area (TPSA) is 56.7 Å². The van der Waals surface area contributed by atoms with Crippen molar-refractivity contribution in [3.8, 4) is 0 Å². The molecule has 1 aromatic carbocycles. The first kappa shape index (κ1) is 11.1. The van der Waals surface area contributed by atoms with Crippen LogP contribution in [0.2, 0.25) is 5.02 Å². The summed E-state index contributed by atoms with van der Waals surface area (Å²) in [6, 6.07) is 7.72. The number of benzene rings is 1. The zero-order valence-corrected chi connectivity index (χ0v) is 9.56. The number of nitrogens with zero attached hydrogens (tertiary/aromatic N) is 3. The highest BCUT2D eigenvalue weighted by Gasteiger charge is 2.03. The molecule has 0 bridgehead atoms. The van der Waals surface area contributed by atoms with Crippen molar-refractivity contribution in [2.24, 2.45) is 5.73 Å². The van der Waals surface area contributed by atoms with E-state index in [1.54, 1.807) is 4.68 Å². The van der Waals surface area contributed by atoms with E-state index in [4.69, 9.17) is 17.3 Å². The van der Waals surface area contributed by atoms with E-state index in [-0.39, 0.29) is 0 Å². The molecule has 0 radical (unpaired) electrons. The number of nitrogens with two attached hydrogens (primary N) is 1. The summed E-state index contributed by atoms with van der Waals surface area (Å²) in [6.07, 6.45) is 2.65. The maximum atomic E-state index is 6.06. The van der Waals surface area contributed by atoms with Gasteiger partial charge in [0.05, 0.1) is 12.2 Å². The van der Waals surface area contributed by atoms with Crippen LogP contribution in [0.25, 0.3) is 0 Å². The van der Waals surface area contributed by atoms with Gasteiger partial charge in [0, 0.05) is 17.6 Å². The highest BCUT2D eigenvalue weighted by Crippen LogP contribution is 2.15. The van der Waals surface area contributed by atoms with Gasteiger partial charge in [0.2, 0.25) is 0 Å². The minimum atomic E-state index is 0.588. The van der Waals surface area contributed by atoms with Gasteiger partial charge in [-0.1, -0.05) is 35.0 Å². The van der Waals surface area contributed by atoms with Gasteiger partial charge in [-0.3, -0.25) is 0 Å². The Hall–Kier alpha value is -1.39. The van der Waals surface area contributed by atoms with Crippen molar-refractivity contribution >= 4 is 11.6 Å². The number of halogens is 1. The quantitative estimate of drug-likeness (QED) is 0.875. The van der Waals surface area contributed by atoms with Crippen LogP contribution in [0.1, 0.15) is 11.3 Å². The normalized spacial score (nSPS) is 10.6. The Labute approximate surface area is 99.0 Å². The van der Waals surface area contributed by atoms with Gasteiger partial charge < -0.3 is 5.73 Å². The molecule has 1 heterocycles. The van der Waals surface area contributed by atoms with E-state index in [9.17, 15) is 0 Å². The van der Waals surface area contributed by atoms with Crippen LogP contribution in [0.15, 0.2) is 30.5 Å². The maximum absolute atomic E-state index is 6.06. The lowest BCUT2D eigenvalue weighted by molar-refractivity contribution is 0.649. The Balaban J connectivity index is 2.11. The van der Waals surface area contributed by atoms with Gasteiger partial charge in [-0.2, -0.15) is 0 Å². The third-order valence-corrected chi connectivity index (χ3v) is 2.65. The van der Waals surface area contributed by atoms with Gasteiger partial charge in [-0.05, 0) is 18.2 Å². The molecule has 2 aromatic rings. The van der Waals surface area contributed by atoms with E-state index in [0.717, 1.165) is 22.7 Å². The standard InChI is InChI=1S/C11H13ClN4/c12-11-4-2-1-3-9(11)7-16-8-10(5-6-13)14-15-16/h1-4,8H,5-7,13H2. The molecule has 16 heavy (non-hydrogen) atoms. The summed E-state index contributed by atoms with van der Waals surface area (Å²) < 4.78 is 1.77. The van der Waals surface area contributed by atoms with Crippen molar-refractivity contribution in [3.05, 3.63) is 46.7 Å². The zero-order valence-electron chi connectivity index (χ0n) is 8.81. The van der Waals surface area contributed by atoms with E-state index >= 15 is 0 Å². The Morgan fingerprint density at radius 3 is 2.88 bits per heavy atom. The molecular formula is C11H13ClN4. The first-order chi connectivity index (χ1) is 7.79. The Morgan fingerprint density at radius 1 is 1.31 bits per heavy atom. The molecule has 4 nitrogen and oxygen atoms in total. The molecule has 0 atom stereocenters. The van der Waals surface area contributed by atoms with Crippen LogP contribution in [-0.2, 0) is 13.0 Å². The minimum absolute atomic E-state index is 0.588. The Morgan fingerprint density at radius 2 is 2.12 bits per heavy atom. The lowest BCUT2D eigenvalue weighted by Gasteiger charge is -2.02. The van der Waals surface area contributed by atoms with Gasteiger partial charge in [0.25, 0.3) is 0 Å². The van der Waals surface area contributed by atoms with Crippen LogP contribution in [0.5, 0.6) is 0 Å². The third-order valence-electron chi connectivity index (χ3n) is 2.28. The highest BCUT2D eigenvalue weighted by atomic mass is 35.5. The second kappa shape index (κ2) is 5.09. The van der Waals surface area contributed by atoms with Crippen molar-refractivity contribution in [1.82, 2.24) is 15.0 Å². The fourth-order valence-corrected chi connectivity index (χ4v) is 1.67. The Kier molecular flexibility index (Phi) is 3.54. The molecule has 0 spiro atoms. The number of aromatic nitrogens is 3. The second-order valence-corrected chi connectivity index (χ2v) is 3.94. The maximum Gasteiger partial charge on any atom is 0.0839 e. The summed E-state index contributed by atoms with van der Waals surface area (Å²) in [5, 5.41) is 8.79. The number of hydrogen-bond donors (Lipinski definition) is 1. The number of rotatable bonds is 4. The van der Waals surface area contributed by atoms with Gasteiger partial charge in [-0.15, -0.1) is 5.10 Å². The first-order valence-corrected chi connectivity index (χ1v) is 5.50. The van der Waals surface area contributed by atoms with Gasteiger partial charge >= 0.3 is 0 Å². The molecule has 0 fully saturated rings. The molecule has 2 N–H and O–H groups in total. The molecule has 1 aromatic heterocycles. The van der Waals surface area contributed by atoms with Crippen molar-refractivity contribution in [1.29, 1.82) is 0 Å². The van der Waals surface area contributed by atoms with Crippen LogP contribution in [0.3, 0.4) is 0 Å². The largest absolute Gasteiger partial charge is 0.330 e. The van der Waals surface area contributed by atoms with Gasteiger partial charge in [-0.25, -0.2) is 4.68 Å². The van der Waals surface area contributed by atoms with Gasteiger partial charge in [0.1, 0.15) is 0 Å². The van der Waals surface area contributed by atoms with Crippen LogP contribution in [0.4, 0.5) is 0 Å². The minimum Gasteiger partial charge on any atom is -0.330 e. The van der Waals surface area contributed by atoms with Crippen LogP contribution in [0, 0.1) is 0 Å². The van der Waals surface area contributed by atoms with Gasteiger partial charge in [0.15, 0.2) is 0 Å². The van der Waals surface area contributed by atoms with E-state index in [1.807, 2.05) is 30.5 Å². The van der Waals surface area contributed by atoms with E-state index in [1.165, 1.54) is 0 Å². The van der Waals surface area contributed by atoms with Crippen molar-refractivity contribution in [3.63, 3.8) is 0 Å². The van der Waals surface area contributed by atoms with E-state index < -0.39 is 0 Å². The molecule has 5 heteroatoms. The molecule has 0 saturated heterocycles. The lowest BCUT2D eigenvalue weighted by atomic mass is 10.2. The van der Waals surface area contributed by atoms with Crippen LogP contribution < -0.4 is 5.73 Å². The third kappa shape index (κ3) is 2.59. The summed E-state index contributed by atoms with van der Waals surface area (Å²) in [5.74, 6) is 0. The molecule has 0 saturated carbocycles. The molecular weight excluding hydrogens is 224 g/mol. The van der Waals surface area contributed by atoms with Crippen LogP contribution >= 0.6 is 11.6 Å². The zero-order chi connectivity index (χ0) is 11.4. The molecule has 0 amide bonds. The van der Waals surface area contributed by atoms with Crippen molar-refractivity contribution in [2.75, 3.05) is 6.54 Å². The summed E-state index contributed by atoms with van der Waals surface area (Å²) in [7, 11) is 0. The molecule has 0 aliphatic carbocycles. The molecule has 0 aliphatic heterocycles. The van der Waals surface area contributed by atoms with E-state index in [2.05, 4.69) is 10.3 Å². The number of hydrogen-bond acceptors (Lipinski definition) is 3. The molecule has 84 valence electrons. The van der Waals surface area contributed by atoms with Crippen molar-refractivity contribution < 1.29 is 0 Å². The Bertz CT molecular complexity index is 467. The van der Waals surface area contributed by atoms with Crippen molar-refractivity contribution in [2.45, 2.75) is 13.0 Å². The predicted octanol–water partition coefficient (Wildman–Crippen LogP) is 1.48. The average Bonchev–Trinajstić information content (AvgIpc) is 2.70. The smallest absolute Gasteiger partial charge is 0.0839 e. The summed E-state index contributed by atoms with van der Waals surface area (Å²) in [6.45, 7) is 1.22. The SMILES string of the molecule is NCCc1cn(Cc2ccccc2Cl)nn1. The molecule has 0 aliphatic rings. The monoisotopic (exact) mass is 236 g/mol. The fraction of sp³-hybridized carbons (Fsp3) is 0.273. The summed E-state index contributed by atoms with van der Waals surface area (Å²) in [4.78, 5) is 0. The first-order valence-electron chi connectivity index (χ1n) is 5.12. The second-order valence-electron chi connectivity index (χ2n) is 3.54. The molecule has 0 unspecified atom stereocenters. The highest BCUT2D eigenvalue weighted by molar-refractivity contribution is 6.31. The molecule has 2 rings (SSSR count). The fourth-order valence-electron chi connectivity index (χ4n) is 1.48. The average molecular weight is 237 g/mol. The summed E-state index contributed by atoms with van der Waals surface area (Å²) >= 11 is 6.06.